The molecule has 140 heavy (non-hydrogen) atoms. The van der Waals surface area contributed by atoms with Gasteiger partial charge < -0.3 is 18.8 Å². The third kappa shape index (κ3) is 13.9. The molecule has 2 aliphatic carbocycles. The number of rotatable bonds is 10. The molecular weight excluding hydrogens is 1760 g/mol. The Kier molecular flexibility index (Phi) is 20.4. The Morgan fingerprint density at radius 1 is 0.214 bits per heavy atom. The average Bonchev–Trinajstić information content (AvgIpc) is 1.51. The number of aromatic nitrogens is 6. The quantitative estimate of drug-likeness (QED) is 0.123. The van der Waals surface area contributed by atoms with Crippen molar-refractivity contribution in [3.8, 4) is 169 Å². The lowest BCUT2D eigenvalue weighted by atomic mass is 9.65. The van der Waals surface area contributed by atoms with Crippen LogP contribution in [0.25, 0.3) is 146 Å². The van der Waals surface area contributed by atoms with Gasteiger partial charge in [-0.2, -0.15) is 0 Å². The van der Waals surface area contributed by atoms with Crippen LogP contribution in [0.4, 0.5) is 0 Å². The number of nitrogens with zero attached hydrogens (tertiary/aromatic N) is 6. The van der Waals surface area contributed by atoms with Crippen LogP contribution >= 0.6 is 11.6 Å². The normalized spacial score (nSPS) is 15.1. The second-order valence-electron chi connectivity index (χ2n) is 39.4. The van der Waals surface area contributed by atoms with Gasteiger partial charge in [0.25, 0.3) is 0 Å². The number of benzene rings is 18. The van der Waals surface area contributed by atoms with Crippen LogP contribution in [-0.4, -0.2) is 64.4 Å². The lowest BCUT2D eigenvalue weighted by Gasteiger charge is -2.39. The van der Waals surface area contributed by atoms with Crippen LogP contribution < -0.4 is 35.7 Å². The first kappa shape index (κ1) is 85.9. The predicted octanol–water partition coefficient (Wildman–Crippen LogP) is 27.9. The third-order valence-corrected chi connectivity index (χ3v) is 37.6. The zero-order valence-electron chi connectivity index (χ0n) is 78.7. The van der Waals surface area contributed by atoms with E-state index in [0.717, 1.165) is 95.2 Å². The molecule has 20 aromatic rings. The average molecular weight is 1860 g/mol. The first-order valence-corrected chi connectivity index (χ1v) is 54.4. The maximum absolute atomic E-state index is 6.66. The van der Waals surface area contributed by atoms with E-state index in [1.54, 1.807) is 0 Å². The first-order chi connectivity index (χ1) is 68.2. The molecular formula is C126H94BClN6O4Si2. The Hall–Kier alpha value is -15.7. The van der Waals surface area contributed by atoms with E-state index < -0.39 is 45.3 Å². The highest BCUT2D eigenvalue weighted by Crippen LogP contribution is 2.65. The second kappa shape index (κ2) is 33.3. The summed E-state index contributed by atoms with van der Waals surface area (Å²) in [6.45, 7) is 18.2. The molecule has 27 rings (SSSR count). The van der Waals surface area contributed by atoms with Crippen LogP contribution in [-0.2, 0) is 20.1 Å². The van der Waals surface area contributed by atoms with Crippen molar-refractivity contribution < 1.29 is 18.8 Å². The van der Waals surface area contributed by atoms with Crippen LogP contribution in [0, 0.1) is 0 Å². The Bertz CT molecular complexity index is 8300. The molecule has 670 valence electrons. The maximum atomic E-state index is 6.66. The minimum absolute atomic E-state index is 0.417. The van der Waals surface area contributed by atoms with E-state index in [9.17, 15) is 0 Å². The van der Waals surface area contributed by atoms with E-state index in [1.807, 2.05) is 72.8 Å². The first-order valence-electron chi connectivity index (χ1n) is 48.0. The summed E-state index contributed by atoms with van der Waals surface area (Å²) in [6, 6.07) is 151. The molecule has 5 aliphatic heterocycles. The van der Waals surface area contributed by atoms with Gasteiger partial charge in [-0.15, -0.1) is 0 Å². The lowest BCUT2D eigenvalue weighted by molar-refractivity contribution is 0.00578. The van der Waals surface area contributed by atoms with Crippen LogP contribution in [0.3, 0.4) is 0 Å². The number of para-hydroxylation sites is 4. The molecule has 18 aromatic carbocycles. The van der Waals surface area contributed by atoms with Gasteiger partial charge in [0.05, 0.1) is 22.0 Å². The summed E-state index contributed by atoms with van der Waals surface area (Å²) in [7, 11) is -3.96. The summed E-state index contributed by atoms with van der Waals surface area (Å²) in [5, 5.41) is 6.58. The fourth-order valence-electron chi connectivity index (χ4n) is 22.6. The fourth-order valence-corrected chi connectivity index (χ4v) is 28.9. The molecule has 2 aromatic heterocycles. The minimum Gasteiger partial charge on any atom is -0.457 e. The van der Waals surface area contributed by atoms with Crippen LogP contribution in [0.1, 0.15) is 72.2 Å². The zero-order chi connectivity index (χ0) is 94.5. The van der Waals surface area contributed by atoms with Gasteiger partial charge in [-0.25, -0.2) is 29.9 Å². The highest BCUT2D eigenvalue weighted by Gasteiger charge is 2.56. The topological polar surface area (TPSA) is 114 Å². The summed E-state index contributed by atoms with van der Waals surface area (Å²) in [5.41, 5.74) is 31.7. The lowest BCUT2D eigenvalue weighted by Crippen LogP contribution is -2.49. The molecule has 2 spiro atoms. The molecule has 0 N–H and O–H groups in total. The monoisotopic (exact) mass is 1860 g/mol. The van der Waals surface area contributed by atoms with E-state index in [-0.39, 0.29) is 0 Å². The number of ether oxygens (including phenoxy) is 2. The van der Waals surface area contributed by atoms with Gasteiger partial charge in [-0.1, -0.05) is 384 Å². The van der Waals surface area contributed by atoms with E-state index in [4.69, 9.17) is 60.3 Å². The van der Waals surface area contributed by atoms with Crippen molar-refractivity contribution in [3.63, 3.8) is 0 Å². The molecule has 7 aliphatic rings. The summed E-state index contributed by atoms with van der Waals surface area (Å²) < 4.78 is 26.2. The van der Waals surface area contributed by atoms with Crippen LogP contribution in [0.5, 0.6) is 23.0 Å². The molecule has 1 fully saturated rings. The molecule has 0 radical (unpaired) electrons. The minimum atomic E-state index is -1.81. The Balaban J connectivity index is 0.000000119. The van der Waals surface area contributed by atoms with Gasteiger partial charge in [-0.3, -0.25) is 0 Å². The van der Waals surface area contributed by atoms with Crippen molar-refractivity contribution in [3.05, 3.63) is 474 Å². The van der Waals surface area contributed by atoms with Gasteiger partial charge in [0.2, 0.25) is 0 Å². The summed E-state index contributed by atoms with van der Waals surface area (Å²) in [6.07, 6.45) is 0. The summed E-state index contributed by atoms with van der Waals surface area (Å²) >= 11 is 6.12. The fraction of sp³-hybridized carbons (Fsp3) is 0.0952. The van der Waals surface area contributed by atoms with Crippen LogP contribution in [0.15, 0.2) is 425 Å². The van der Waals surface area contributed by atoms with E-state index in [1.165, 1.54) is 110 Å². The van der Waals surface area contributed by atoms with E-state index >= 15 is 0 Å². The molecule has 0 bridgehead atoms. The van der Waals surface area contributed by atoms with Crippen LogP contribution in [0.2, 0.25) is 31.2 Å². The van der Waals surface area contributed by atoms with Gasteiger partial charge in [0, 0.05) is 60.7 Å². The molecule has 0 atom stereocenters. The van der Waals surface area contributed by atoms with Crippen molar-refractivity contribution in [2.75, 3.05) is 0 Å². The smallest absolute Gasteiger partial charge is 0.457 e. The summed E-state index contributed by atoms with van der Waals surface area (Å²) in [5.74, 6) is 7.47. The maximum Gasteiger partial charge on any atom is 0.494 e. The van der Waals surface area contributed by atoms with Gasteiger partial charge in [-0.05, 0) is 233 Å². The molecule has 0 saturated carbocycles. The highest BCUT2D eigenvalue weighted by molar-refractivity contribution is 7.04. The van der Waals surface area contributed by atoms with E-state index in [0.29, 0.717) is 40.0 Å². The standard InChI is InChI=1S/C60H41N3OSi.C37H31BO3.C29H22ClN3Si/c1-65(2)55-24-14-9-19-46(55)48-36-44(31-34-56(48)65)59-62-57(40-17-7-4-8-18-40)61-58(63-59)41-27-25-39(26-28-41)43-29-32-45-47-35-42(38-15-5-3-6-16-38)30-33-49(47)60(52(45)37-43)50-20-10-12-22-53(50)64-54-23-13-11-21-51(54)60;1-35(2)36(3,4)41-38(40-35)26-19-20-27-28-22-25(24-12-6-5-7-13-24)18-21-29(28)37(32(27)23-26)30-14-8-10-16-33(30)39-34-17-11-9-15-31(34)37;1-34(2)25-11-7-6-10-23(25)24-18-21(14-17-26(24)34)29-32-27(19-8-4-3-5-9-19)31-28(33-29)20-12-15-22(30)16-13-20/h3-37H,1-2H3;5-23H,1-4H3;3-18H,1-2H3. The molecule has 1 saturated heterocycles. The Morgan fingerprint density at radius 3 is 0.900 bits per heavy atom. The van der Waals surface area contributed by atoms with Crippen molar-refractivity contribution in [1.29, 1.82) is 0 Å². The van der Waals surface area contributed by atoms with Gasteiger partial charge >= 0.3 is 7.12 Å². The number of halogens is 1. The molecule has 7 heterocycles. The second-order valence-corrected chi connectivity index (χ2v) is 48.5. The van der Waals surface area contributed by atoms with Gasteiger partial charge in [0.1, 0.15) is 39.1 Å². The van der Waals surface area contributed by atoms with Crippen molar-refractivity contribution in [1.82, 2.24) is 29.9 Å². The predicted molar refractivity (Wildman–Crippen MR) is 575 cm³/mol. The van der Waals surface area contributed by atoms with Crippen molar-refractivity contribution in [2.45, 2.75) is 75.9 Å². The number of fused-ring (bicyclic) bond motifs is 24. The van der Waals surface area contributed by atoms with Crippen molar-refractivity contribution in [2.24, 2.45) is 0 Å². The molecule has 14 heteroatoms. The Labute approximate surface area is 823 Å². The zero-order valence-corrected chi connectivity index (χ0v) is 81.4. The molecule has 0 unspecified atom stereocenters. The van der Waals surface area contributed by atoms with Crippen molar-refractivity contribution >= 4 is 61.1 Å². The number of hydrogen-bond acceptors (Lipinski definition) is 10. The van der Waals surface area contributed by atoms with E-state index in [2.05, 4.69) is 406 Å². The Morgan fingerprint density at radius 2 is 0.493 bits per heavy atom. The van der Waals surface area contributed by atoms with Gasteiger partial charge in [0.15, 0.2) is 34.9 Å². The number of hydrogen-bond donors (Lipinski definition) is 0. The highest BCUT2D eigenvalue weighted by atomic mass is 35.5. The molecule has 0 amide bonds. The molecule has 10 nitrogen and oxygen atoms in total. The summed E-state index contributed by atoms with van der Waals surface area (Å²) in [4.78, 5) is 30.0. The largest absolute Gasteiger partial charge is 0.494 e. The third-order valence-electron chi connectivity index (χ3n) is 30.2. The SMILES string of the molecule is CC1(C)OB(c2ccc3c(c2)C2(c4ccccc4Oc4ccccc42)c2ccc(-c4ccccc4)cc2-3)OC1(C)C.C[Si]1(C)c2ccccc2-c2cc(-c3nc(-c4ccccc4)nc(-c4ccc(-c5ccc6c(c5)C5(c7ccccc7Oc7ccccc75)c5ccc(-c7ccccc7)cc5-6)cc4)n3)ccc21.C[Si]1(C)c2ccccc2-c2cc(-c3nc(-c4ccccc4)nc(-c4ccc(Cl)cc4)n3)ccc21.